The first-order valence-corrected chi connectivity index (χ1v) is 14.3. The molecule has 36 heavy (non-hydrogen) atoms. The molecule has 6 heteroatoms. The van der Waals surface area contributed by atoms with Crippen molar-refractivity contribution < 1.29 is 9.59 Å². The maximum Gasteiger partial charge on any atom is 0.233 e. The Bertz CT molecular complexity index is 1130. The lowest BCUT2D eigenvalue weighted by atomic mass is 9.78. The SMILES string of the molecule is O=C1C2C3CCC(C3)C2C(=O)N1CC1CCCCC1CN1CCN(c2cc3ccccc3cn2)CC1. The van der Waals surface area contributed by atoms with Crippen molar-refractivity contribution in [3.63, 3.8) is 0 Å². The number of imide groups is 1. The van der Waals surface area contributed by atoms with Gasteiger partial charge in [0.25, 0.3) is 0 Å². The molecule has 2 aliphatic heterocycles. The van der Waals surface area contributed by atoms with Crippen molar-refractivity contribution in [2.45, 2.75) is 44.9 Å². The van der Waals surface area contributed by atoms with Crippen LogP contribution in [0, 0.1) is 35.5 Å². The van der Waals surface area contributed by atoms with Gasteiger partial charge in [0.1, 0.15) is 5.82 Å². The minimum absolute atomic E-state index is 0.0232. The predicted octanol–water partition coefficient (Wildman–Crippen LogP) is 4.19. The molecule has 1 aromatic carbocycles. The van der Waals surface area contributed by atoms with Crippen LogP contribution in [0.2, 0.25) is 0 Å². The van der Waals surface area contributed by atoms with Gasteiger partial charge in [0, 0.05) is 50.9 Å². The number of hydrogen-bond acceptors (Lipinski definition) is 5. The van der Waals surface area contributed by atoms with E-state index in [1.165, 1.54) is 30.0 Å². The molecule has 5 fully saturated rings. The summed E-state index contributed by atoms with van der Waals surface area (Å²) >= 11 is 0. The summed E-state index contributed by atoms with van der Waals surface area (Å²) in [6, 6.07) is 10.6. The summed E-state index contributed by atoms with van der Waals surface area (Å²) < 4.78 is 0. The number of carbonyl (C=O) groups excluding carboxylic acids is 2. The minimum Gasteiger partial charge on any atom is -0.354 e. The fourth-order valence-corrected chi connectivity index (χ4v) is 8.39. The summed E-state index contributed by atoms with van der Waals surface area (Å²) in [5.74, 6) is 3.50. The molecule has 2 bridgehead atoms. The largest absolute Gasteiger partial charge is 0.354 e. The van der Waals surface area contributed by atoms with E-state index in [2.05, 4.69) is 40.1 Å². The number of hydrogen-bond donors (Lipinski definition) is 0. The van der Waals surface area contributed by atoms with Crippen LogP contribution in [0.4, 0.5) is 5.82 Å². The molecular formula is C30H38N4O2. The van der Waals surface area contributed by atoms with Crippen LogP contribution >= 0.6 is 0 Å². The summed E-state index contributed by atoms with van der Waals surface area (Å²) in [6.07, 6.45) is 10.3. The molecule has 190 valence electrons. The van der Waals surface area contributed by atoms with Crippen LogP contribution < -0.4 is 4.90 Å². The number of benzene rings is 1. The van der Waals surface area contributed by atoms with Gasteiger partial charge >= 0.3 is 0 Å². The summed E-state index contributed by atoms with van der Waals surface area (Å²) in [6.45, 7) is 5.86. The number of amides is 2. The Morgan fingerprint density at radius 1 is 0.778 bits per heavy atom. The molecule has 3 saturated carbocycles. The summed E-state index contributed by atoms with van der Waals surface area (Å²) in [4.78, 5) is 38.1. The normalized spacial score (nSPS) is 34.7. The zero-order valence-corrected chi connectivity index (χ0v) is 21.2. The van der Waals surface area contributed by atoms with E-state index in [4.69, 9.17) is 4.98 Å². The molecule has 7 rings (SSSR count). The Hall–Kier alpha value is -2.47. The maximum absolute atomic E-state index is 13.3. The molecule has 0 radical (unpaired) electrons. The molecule has 2 saturated heterocycles. The second kappa shape index (κ2) is 9.13. The Balaban J connectivity index is 0.976. The van der Waals surface area contributed by atoms with Crippen molar-refractivity contribution in [2.24, 2.45) is 35.5 Å². The second-order valence-corrected chi connectivity index (χ2v) is 12.2. The van der Waals surface area contributed by atoms with Crippen LogP contribution in [0.15, 0.2) is 36.5 Å². The molecule has 0 spiro atoms. The van der Waals surface area contributed by atoms with Gasteiger partial charge < -0.3 is 4.90 Å². The van der Waals surface area contributed by atoms with E-state index < -0.39 is 0 Å². The van der Waals surface area contributed by atoms with Crippen molar-refractivity contribution in [3.8, 4) is 0 Å². The van der Waals surface area contributed by atoms with Crippen molar-refractivity contribution in [1.29, 1.82) is 0 Å². The van der Waals surface area contributed by atoms with Crippen LogP contribution in [-0.2, 0) is 9.59 Å². The van der Waals surface area contributed by atoms with E-state index in [0.717, 1.165) is 64.2 Å². The smallest absolute Gasteiger partial charge is 0.233 e. The average molecular weight is 487 g/mol. The number of rotatable bonds is 5. The molecule has 2 amide bonds. The van der Waals surface area contributed by atoms with Crippen LogP contribution in [0.5, 0.6) is 0 Å². The standard InChI is InChI=1S/C30H38N4O2/c35-29-27-21-9-10-22(15-21)28(27)30(36)34(29)19-25-8-4-3-7-24(25)18-32-11-13-33(14-12-32)26-16-20-5-1-2-6-23(20)17-31-26/h1-2,5-6,16-17,21-22,24-25,27-28H,3-4,7-15,18-19H2. The van der Waals surface area contributed by atoms with Gasteiger partial charge in [0.15, 0.2) is 0 Å². The second-order valence-electron chi connectivity index (χ2n) is 12.2. The Kier molecular flexibility index (Phi) is 5.76. The fraction of sp³-hybridized carbons (Fsp3) is 0.633. The third kappa shape index (κ3) is 3.84. The minimum atomic E-state index is 0.0232. The van der Waals surface area contributed by atoms with Crippen LogP contribution in [0.1, 0.15) is 44.9 Å². The first-order chi connectivity index (χ1) is 17.7. The van der Waals surface area contributed by atoms with E-state index in [9.17, 15) is 9.59 Å². The van der Waals surface area contributed by atoms with E-state index in [1.54, 1.807) is 4.90 Å². The van der Waals surface area contributed by atoms with Gasteiger partial charge in [-0.1, -0.05) is 37.1 Å². The predicted molar refractivity (Wildman–Crippen MR) is 140 cm³/mol. The van der Waals surface area contributed by atoms with Gasteiger partial charge in [-0.3, -0.25) is 19.4 Å². The van der Waals surface area contributed by atoms with Gasteiger partial charge in [-0.25, -0.2) is 4.98 Å². The topological polar surface area (TPSA) is 56.8 Å². The van der Waals surface area contributed by atoms with Crippen LogP contribution in [0.25, 0.3) is 10.8 Å². The molecule has 2 aromatic rings. The third-order valence-electron chi connectivity index (χ3n) is 10.3. The zero-order chi connectivity index (χ0) is 24.2. The average Bonchev–Trinajstić information content (AvgIpc) is 3.60. The number of aromatic nitrogens is 1. The molecule has 0 N–H and O–H groups in total. The van der Waals surface area contributed by atoms with Gasteiger partial charge in [0.05, 0.1) is 11.8 Å². The highest BCUT2D eigenvalue weighted by atomic mass is 16.2. The third-order valence-corrected chi connectivity index (χ3v) is 10.3. The highest BCUT2D eigenvalue weighted by Gasteiger charge is 2.61. The summed E-state index contributed by atoms with van der Waals surface area (Å²) in [5.41, 5.74) is 0. The van der Waals surface area contributed by atoms with E-state index in [1.807, 2.05) is 6.20 Å². The molecule has 6 nitrogen and oxygen atoms in total. The lowest BCUT2D eigenvalue weighted by molar-refractivity contribution is -0.142. The molecule has 3 aliphatic carbocycles. The Labute approximate surface area is 214 Å². The maximum atomic E-state index is 13.3. The zero-order valence-electron chi connectivity index (χ0n) is 21.2. The number of fused-ring (bicyclic) bond motifs is 6. The number of piperazine rings is 1. The molecule has 1 aromatic heterocycles. The Morgan fingerprint density at radius 3 is 2.11 bits per heavy atom. The molecule has 3 heterocycles. The highest BCUT2D eigenvalue weighted by molar-refractivity contribution is 6.06. The van der Waals surface area contributed by atoms with Crippen LogP contribution in [-0.4, -0.2) is 65.9 Å². The Morgan fingerprint density at radius 2 is 1.42 bits per heavy atom. The molecule has 6 unspecified atom stereocenters. The van der Waals surface area contributed by atoms with E-state index in [0.29, 0.717) is 30.2 Å². The quantitative estimate of drug-likeness (QED) is 0.593. The molecule has 5 aliphatic rings. The first kappa shape index (κ1) is 22.7. The number of pyridine rings is 1. The molecular weight excluding hydrogens is 448 g/mol. The van der Waals surface area contributed by atoms with E-state index in [-0.39, 0.29) is 23.7 Å². The summed E-state index contributed by atoms with van der Waals surface area (Å²) in [5, 5.41) is 2.44. The van der Waals surface area contributed by atoms with Gasteiger partial charge in [-0.05, 0) is 67.2 Å². The highest BCUT2D eigenvalue weighted by Crippen LogP contribution is 2.56. The fourth-order valence-electron chi connectivity index (χ4n) is 8.39. The van der Waals surface area contributed by atoms with Gasteiger partial charge in [-0.15, -0.1) is 0 Å². The summed E-state index contributed by atoms with van der Waals surface area (Å²) in [7, 11) is 0. The number of likely N-dealkylation sites (tertiary alicyclic amines) is 1. The lowest BCUT2D eigenvalue weighted by Gasteiger charge is -2.40. The van der Waals surface area contributed by atoms with Crippen molar-refractivity contribution in [2.75, 3.05) is 44.2 Å². The number of carbonyl (C=O) groups is 2. The van der Waals surface area contributed by atoms with E-state index >= 15 is 0 Å². The van der Waals surface area contributed by atoms with Crippen molar-refractivity contribution >= 4 is 28.4 Å². The molecule has 6 atom stereocenters. The number of nitrogens with zero attached hydrogens (tertiary/aromatic N) is 4. The van der Waals surface area contributed by atoms with Gasteiger partial charge in [-0.2, -0.15) is 0 Å². The number of anilines is 1. The van der Waals surface area contributed by atoms with Crippen molar-refractivity contribution in [1.82, 2.24) is 14.8 Å². The van der Waals surface area contributed by atoms with Gasteiger partial charge in [0.2, 0.25) is 11.8 Å². The monoisotopic (exact) mass is 486 g/mol. The first-order valence-electron chi connectivity index (χ1n) is 14.3. The van der Waals surface area contributed by atoms with Crippen molar-refractivity contribution in [3.05, 3.63) is 36.5 Å². The lowest BCUT2D eigenvalue weighted by Crippen LogP contribution is -2.50. The van der Waals surface area contributed by atoms with Crippen LogP contribution in [0.3, 0.4) is 0 Å².